The average Bonchev–Trinajstić information content (AvgIpc) is 3.10. The molecule has 1 aliphatic rings. The quantitative estimate of drug-likeness (QED) is 0.547. The lowest BCUT2D eigenvalue weighted by atomic mass is 10.0. The van der Waals surface area contributed by atoms with E-state index in [1.165, 1.54) is 29.0 Å². The van der Waals surface area contributed by atoms with Gasteiger partial charge < -0.3 is 4.57 Å². The molecule has 3 aromatic rings. The molecule has 8 heteroatoms. The van der Waals surface area contributed by atoms with Crippen molar-refractivity contribution >= 4 is 37.5 Å². The summed E-state index contributed by atoms with van der Waals surface area (Å²) in [6.07, 6.45) is 2.69. The van der Waals surface area contributed by atoms with Crippen LogP contribution in [0, 0.1) is 12.8 Å². The Kier molecular flexibility index (Phi) is 6.65. The van der Waals surface area contributed by atoms with Crippen molar-refractivity contribution in [1.82, 2.24) is 8.87 Å². The zero-order valence-corrected chi connectivity index (χ0v) is 20.4. The fourth-order valence-electron chi connectivity index (χ4n) is 4.00. The maximum absolute atomic E-state index is 12.9. The summed E-state index contributed by atoms with van der Waals surface area (Å²) in [5.74, 6) is 0.185. The molecular weight excluding hydrogens is 442 g/mol. The van der Waals surface area contributed by atoms with Crippen LogP contribution >= 0.6 is 11.3 Å². The van der Waals surface area contributed by atoms with E-state index in [1.54, 1.807) is 16.4 Å². The van der Waals surface area contributed by atoms with Crippen molar-refractivity contribution in [2.45, 2.75) is 51.5 Å². The van der Waals surface area contributed by atoms with Crippen LogP contribution < -0.4 is 4.80 Å². The Hall–Kier alpha value is -2.29. The highest BCUT2D eigenvalue weighted by Crippen LogP contribution is 2.24. The second kappa shape index (κ2) is 9.29. The number of nitrogens with zero attached hydrogens (tertiary/aromatic N) is 3. The Bertz CT molecular complexity index is 1300. The molecule has 1 aromatic heterocycles. The largest absolute Gasteiger partial charge is 0.316 e. The Morgan fingerprint density at radius 1 is 1.12 bits per heavy atom. The van der Waals surface area contributed by atoms with Crippen LogP contribution in [0.3, 0.4) is 0 Å². The minimum Gasteiger partial charge on any atom is -0.316 e. The lowest BCUT2D eigenvalue weighted by Crippen LogP contribution is -2.37. The number of benzene rings is 2. The Labute approximate surface area is 193 Å². The minimum absolute atomic E-state index is 0.224. The van der Waals surface area contributed by atoms with Crippen LogP contribution in [-0.2, 0) is 16.6 Å². The van der Waals surface area contributed by atoms with Gasteiger partial charge in [0.1, 0.15) is 0 Å². The summed E-state index contributed by atoms with van der Waals surface area (Å²) in [5.41, 5.74) is 2.62. The molecule has 6 nitrogen and oxygen atoms in total. The summed E-state index contributed by atoms with van der Waals surface area (Å²) in [6.45, 7) is 8.16. The highest BCUT2D eigenvalue weighted by atomic mass is 32.2. The molecule has 2 heterocycles. The molecular formula is C24H29N3O3S2. The smallest absolute Gasteiger partial charge is 0.279 e. The second-order valence-electron chi connectivity index (χ2n) is 8.54. The highest BCUT2D eigenvalue weighted by molar-refractivity contribution is 7.89. The molecule has 2 aromatic carbocycles. The second-order valence-corrected chi connectivity index (χ2v) is 11.5. The maximum atomic E-state index is 12.9. The molecule has 1 aliphatic heterocycles. The van der Waals surface area contributed by atoms with Crippen molar-refractivity contribution in [2.24, 2.45) is 10.9 Å². The van der Waals surface area contributed by atoms with Crippen molar-refractivity contribution < 1.29 is 13.2 Å². The first kappa shape index (κ1) is 22.9. The summed E-state index contributed by atoms with van der Waals surface area (Å²) < 4.78 is 30.6. The third-order valence-corrected chi connectivity index (χ3v) is 8.92. The number of thiazole rings is 1. The minimum atomic E-state index is -3.53. The zero-order valence-electron chi connectivity index (χ0n) is 18.7. The summed E-state index contributed by atoms with van der Waals surface area (Å²) in [5, 5.41) is 0. The van der Waals surface area contributed by atoms with Crippen LogP contribution in [0.25, 0.3) is 10.2 Å². The van der Waals surface area contributed by atoms with Crippen LogP contribution in [0.15, 0.2) is 52.4 Å². The number of hydrogen-bond donors (Lipinski definition) is 0. The fraction of sp³-hybridized carbons (Fsp3) is 0.417. The number of carbonyl (C=O) groups excluding carboxylic acids is 1. The van der Waals surface area contributed by atoms with Crippen molar-refractivity contribution in [2.75, 3.05) is 13.1 Å². The summed E-state index contributed by atoms with van der Waals surface area (Å²) in [6, 6.07) is 12.4. The van der Waals surface area contributed by atoms with Gasteiger partial charge in [-0.2, -0.15) is 9.30 Å². The van der Waals surface area contributed by atoms with E-state index >= 15 is 0 Å². The normalized spacial score (nSPS) is 16.7. The number of carbonyl (C=O) groups is 1. The van der Waals surface area contributed by atoms with Gasteiger partial charge in [0.15, 0.2) is 4.80 Å². The maximum Gasteiger partial charge on any atom is 0.279 e. The molecule has 1 fully saturated rings. The fourth-order valence-corrected chi connectivity index (χ4v) is 6.62. The average molecular weight is 472 g/mol. The van der Waals surface area contributed by atoms with Gasteiger partial charge in [-0.1, -0.05) is 31.3 Å². The summed E-state index contributed by atoms with van der Waals surface area (Å²) in [4.78, 5) is 18.2. The molecule has 0 aliphatic carbocycles. The number of hydrogen-bond acceptors (Lipinski definition) is 4. The van der Waals surface area contributed by atoms with E-state index < -0.39 is 10.0 Å². The first-order valence-electron chi connectivity index (χ1n) is 11.1. The van der Waals surface area contributed by atoms with E-state index in [-0.39, 0.29) is 10.8 Å². The van der Waals surface area contributed by atoms with Gasteiger partial charge in [0.25, 0.3) is 5.91 Å². The number of amides is 1. The predicted octanol–water partition coefficient (Wildman–Crippen LogP) is 4.58. The molecule has 0 bridgehead atoms. The lowest BCUT2D eigenvalue weighted by Gasteiger charge is -2.29. The molecule has 0 saturated carbocycles. The molecule has 0 atom stereocenters. The van der Waals surface area contributed by atoms with Gasteiger partial charge in [-0.3, -0.25) is 4.79 Å². The molecule has 32 heavy (non-hydrogen) atoms. The van der Waals surface area contributed by atoms with Crippen molar-refractivity contribution in [1.29, 1.82) is 0 Å². The predicted molar refractivity (Wildman–Crippen MR) is 128 cm³/mol. The van der Waals surface area contributed by atoms with Crippen LogP contribution in [0.1, 0.15) is 49.0 Å². The summed E-state index contributed by atoms with van der Waals surface area (Å²) in [7, 11) is -3.53. The molecule has 170 valence electrons. The number of rotatable bonds is 5. The molecule has 1 saturated heterocycles. The van der Waals surface area contributed by atoms with Gasteiger partial charge in [0.2, 0.25) is 10.0 Å². The first-order chi connectivity index (χ1) is 15.3. The Balaban J connectivity index is 1.62. The number of aryl methyl sites for hydroxylation is 2. The van der Waals surface area contributed by atoms with Crippen LogP contribution in [-0.4, -0.2) is 36.3 Å². The van der Waals surface area contributed by atoms with E-state index in [0.717, 1.165) is 36.0 Å². The van der Waals surface area contributed by atoms with E-state index in [1.807, 2.05) is 6.92 Å². The highest BCUT2D eigenvalue weighted by Gasteiger charge is 2.28. The Morgan fingerprint density at radius 3 is 2.47 bits per heavy atom. The standard InChI is InChI=1S/C24H29N3O3S2/c1-4-13-27-21-10-5-18(3)16-22(21)31-24(27)25-23(28)19-6-8-20(9-7-19)32(29,30)26-14-11-17(2)12-15-26/h5-10,16-17H,4,11-15H2,1-3H3. The Morgan fingerprint density at radius 2 is 1.81 bits per heavy atom. The third kappa shape index (κ3) is 4.58. The lowest BCUT2D eigenvalue weighted by molar-refractivity contribution is 0.0997. The monoisotopic (exact) mass is 471 g/mol. The molecule has 0 N–H and O–H groups in total. The van der Waals surface area contributed by atoms with Crippen LogP contribution in [0.2, 0.25) is 0 Å². The SMILES string of the molecule is CCCn1c(=NC(=O)c2ccc(S(=O)(=O)N3CCC(C)CC3)cc2)sc2cc(C)ccc21. The van der Waals surface area contributed by atoms with Gasteiger partial charge in [0.05, 0.1) is 15.1 Å². The van der Waals surface area contributed by atoms with E-state index in [4.69, 9.17) is 0 Å². The van der Waals surface area contributed by atoms with E-state index in [2.05, 4.69) is 41.6 Å². The molecule has 0 unspecified atom stereocenters. The molecule has 1 amide bonds. The summed E-state index contributed by atoms with van der Waals surface area (Å²) >= 11 is 1.50. The molecule has 4 rings (SSSR count). The number of fused-ring (bicyclic) bond motifs is 1. The van der Waals surface area contributed by atoms with Crippen LogP contribution in [0.5, 0.6) is 0 Å². The molecule has 0 radical (unpaired) electrons. The topological polar surface area (TPSA) is 71.7 Å². The number of aromatic nitrogens is 1. The van der Waals surface area contributed by atoms with Gasteiger partial charge in [-0.15, -0.1) is 0 Å². The molecule has 0 spiro atoms. The van der Waals surface area contributed by atoms with Gasteiger partial charge >= 0.3 is 0 Å². The van der Waals surface area contributed by atoms with Crippen molar-refractivity contribution in [3.05, 3.63) is 58.4 Å². The van der Waals surface area contributed by atoms with Crippen molar-refractivity contribution in [3.8, 4) is 0 Å². The zero-order chi connectivity index (χ0) is 22.9. The number of sulfonamides is 1. The third-order valence-electron chi connectivity index (χ3n) is 5.96. The van der Waals surface area contributed by atoms with Gasteiger partial charge in [-0.05, 0) is 74.1 Å². The van der Waals surface area contributed by atoms with Gasteiger partial charge in [0, 0.05) is 25.2 Å². The van der Waals surface area contributed by atoms with Gasteiger partial charge in [-0.25, -0.2) is 8.42 Å². The van der Waals surface area contributed by atoms with Crippen molar-refractivity contribution in [3.63, 3.8) is 0 Å². The van der Waals surface area contributed by atoms with E-state index in [9.17, 15) is 13.2 Å². The number of piperidine rings is 1. The van der Waals surface area contributed by atoms with Crippen LogP contribution in [0.4, 0.5) is 0 Å². The first-order valence-corrected chi connectivity index (χ1v) is 13.3. The van der Waals surface area contributed by atoms with E-state index in [0.29, 0.717) is 29.4 Å².